The summed E-state index contributed by atoms with van der Waals surface area (Å²) in [6, 6.07) is 0. The fourth-order valence-electron chi connectivity index (χ4n) is 6.63. The van der Waals surface area contributed by atoms with E-state index in [1.807, 2.05) is 21.1 Å². The maximum absolute atomic E-state index is 12.7. The van der Waals surface area contributed by atoms with E-state index < -0.39 is 26.5 Å². The molecule has 0 fully saturated rings. The van der Waals surface area contributed by atoms with Crippen molar-refractivity contribution in [2.45, 2.75) is 225 Å². The third-order valence-electron chi connectivity index (χ3n) is 10.4. The van der Waals surface area contributed by atoms with Gasteiger partial charge in [0.25, 0.3) is 7.82 Å². The molecule has 0 aromatic rings. The summed E-state index contributed by atoms with van der Waals surface area (Å²) in [5, 5.41) is 0. The van der Waals surface area contributed by atoms with Gasteiger partial charge in [0.2, 0.25) is 0 Å². The molecule has 0 N–H and O–H groups in total. The summed E-state index contributed by atoms with van der Waals surface area (Å²) in [6.45, 7) is 4.21. The van der Waals surface area contributed by atoms with Crippen LogP contribution < -0.4 is 4.89 Å². The van der Waals surface area contributed by atoms with Crippen molar-refractivity contribution >= 4 is 19.8 Å². The van der Waals surface area contributed by atoms with Gasteiger partial charge in [-0.3, -0.25) is 14.2 Å². The number of esters is 2. The second-order valence-electron chi connectivity index (χ2n) is 17.5. The molecule has 0 heterocycles. The van der Waals surface area contributed by atoms with Crippen molar-refractivity contribution in [2.75, 3.05) is 47.5 Å². The molecule has 0 aliphatic heterocycles. The van der Waals surface area contributed by atoms with Crippen LogP contribution in [0.3, 0.4) is 0 Å². The number of unbranched alkanes of at least 4 members (excludes halogenated alkanes) is 26. The van der Waals surface area contributed by atoms with Crippen molar-refractivity contribution in [1.29, 1.82) is 0 Å². The van der Waals surface area contributed by atoms with E-state index in [1.54, 1.807) is 0 Å². The van der Waals surface area contributed by atoms with E-state index in [2.05, 4.69) is 38.2 Å². The van der Waals surface area contributed by atoms with E-state index in [0.717, 1.165) is 38.5 Å². The quantitative estimate of drug-likeness (QED) is 0.0196. The Kier molecular flexibility index (Phi) is 39.8. The minimum atomic E-state index is -4.62. The molecule has 10 heteroatoms. The van der Waals surface area contributed by atoms with Gasteiger partial charge in [-0.05, 0) is 57.8 Å². The van der Waals surface area contributed by atoms with E-state index in [9.17, 15) is 19.0 Å². The van der Waals surface area contributed by atoms with Gasteiger partial charge in [0.05, 0.1) is 27.7 Å². The minimum Gasteiger partial charge on any atom is -0.756 e. The molecule has 2 atom stereocenters. The van der Waals surface area contributed by atoms with Crippen LogP contribution in [0.15, 0.2) is 24.3 Å². The second kappa shape index (κ2) is 40.9. The molecule has 0 aromatic carbocycles. The lowest BCUT2D eigenvalue weighted by molar-refractivity contribution is -0.870. The van der Waals surface area contributed by atoms with Gasteiger partial charge in [-0.15, -0.1) is 0 Å². The number of carbonyl (C=O) groups is 2. The van der Waals surface area contributed by atoms with Crippen LogP contribution in [0.4, 0.5) is 0 Å². The smallest absolute Gasteiger partial charge is 0.306 e. The molecule has 342 valence electrons. The lowest BCUT2D eigenvalue weighted by Gasteiger charge is -2.28. The summed E-state index contributed by atoms with van der Waals surface area (Å²) in [5.74, 6) is -0.832. The molecule has 0 bridgehead atoms. The van der Waals surface area contributed by atoms with E-state index >= 15 is 0 Å². The zero-order valence-corrected chi connectivity index (χ0v) is 39.4. The number of quaternary nitrogens is 1. The zero-order chi connectivity index (χ0) is 42.8. The van der Waals surface area contributed by atoms with Crippen molar-refractivity contribution in [3.05, 3.63) is 24.3 Å². The molecule has 9 nitrogen and oxygen atoms in total. The number of hydrogen-bond donors (Lipinski definition) is 0. The van der Waals surface area contributed by atoms with Crippen molar-refractivity contribution in [3.63, 3.8) is 0 Å². The van der Waals surface area contributed by atoms with Crippen molar-refractivity contribution in [2.24, 2.45) is 0 Å². The first kappa shape index (κ1) is 56.5. The fraction of sp³-hybridized carbons (Fsp3) is 0.875. The average molecular weight is 842 g/mol. The Labute approximate surface area is 358 Å². The van der Waals surface area contributed by atoms with E-state index in [-0.39, 0.29) is 32.0 Å². The van der Waals surface area contributed by atoms with Crippen LogP contribution in [0, 0.1) is 0 Å². The summed E-state index contributed by atoms with van der Waals surface area (Å²) in [4.78, 5) is 37.6. The van der Waals surface area contributed by atoms with E-state index in [0.29, 0.717) is 17.4 Å². The van der Waals surface area contributed by atoms with Crippen LogP contribution in [0.25, 0.3) is 0 Å². The highest BCUT2D eigenvalue weighted by Crippen LogP contribution is 2.38. The predicted octanol–water partition coefficient (Wildman–Crippen LogP) is 13.3. The maximum Gasteiger partial charge on any atom is 0.306 e. The van der Waals surface area contributed by atoms with Gasteiger partial charge in [-0.25, -0.2) is 0 Å². The number of likely N-dealkylation sites (N-methyl/N-ethyl adjacent to an activating group) is 1. The first-order valence-corrected chi connectivity index (χ1v) is 25.5. The normalized spacial score (nSPS) is 13.7. The van der Waals surface area contributed by atoms with Crippen LogP contribution >= 0.6 is 7.82 Å². The third-order valence-corrected chi connectivity index (χ3v) is 11.4. The average Bonchev–Trinajstić information content (AvgIpc) is 3.17. The summed E-state index contributed by atoms with van der Waals surface area (Å²) in [6.07, 6.45) is 44.8. The Balaban J connectivity index is 4.28. The number of allylic oxidation sites excluding steroid dienone is 4. The molecular weight excluding hydrogens is 750 g/mol. The molecule has 0 aromatic heterocycles. The van der Waals surface area contributed by atoms with Gasteiger partial charge in [0, 0.05) is 12.8 Å². The van der Waals surface area contributed by atoms with E-state index in [4.69, 9.17) is 18.5 Å². The van der Waals surface area contributed by atoms with Crippen LogP contribution in [-0.4, -0.2) is 70.0 Å². The van der Waals surface area contributed by atoms with Gasteiger partial charge < -0.3 is 27.9 Å². The number of phosphoric ester groups is 1. The second-order valence-corrected chi connectivity index (χ2v) is 18.9. The molecular formula is C48H92NO8P. The standard InChI is InChI=1S/C48H92NO8P/c1-6-8-10-12-14-16-18-20-22-23-24-25-27-29-31-33-35-37-39-41-48(51)57-46(45-56-58(52,53)55-43-42-49(3,4)5)44-54-47(50)40-38-36-34-32-30-28-26-21-19-17-15-13-11-9-7-2/h13,15,20,22,46H,6-12,14,16-19,21,23-45H2,1-5H3/b15-13+,22-20+/t46-/m1/s1. The van der Waals surface area contributed by atoms with Crippen LogP contribution in [0.5, 0.6) is 0 Å². The number of phosphoric acid groups is 1. The van der Waals surface area contributed by atoms with Crippen LogP contribution in [0.2, 0.25) is 0 Å². The summed E-state index contributed by atoms with van der Waals surface area (Å²) >= 11 is 0. The first-order valence-electron chi connectivity index (χ1n) is 24.0. The first-order chi connectivity index (χ1) is 28.0. The lowest BCUT2D eigenvalue weighted by atomic mass is 10.1. The summed E-state index contributed by atoms with van der Waals surface area (Å²) in [5.41, 5.74) is 0. The van der Waals surface area contributed by atoms with Gasteiger partial charge in [-0.2, -0.15) is 0 Å². The van der Waals surface area contributed by atoms with Crippen LogP contribution in [0.1, 0.15) is 219 Å². The van der Waals surface area contributed by atoms with Crippen molar-refractivity contribution in [1.82, 2.24) is 0 Å². The zero-order valence-electron chi connectivity index (χ0n) is 38.5. The van der Waals surface area contributed by atoms with Gasteiger partial charge in [0.15, 0.2) is 6.10 Å². The fourth-order valence-corrected chi connectivity index (χ4v) is 7.36. The molecule has 58 heavy (non-hydrogen) atoms. The maximum atomic E-state index is 12.7. The molecule has 0 spiro atoms. The number of hydrogen-bond acceptors (Lipinski definition) is 8. The monoisotopic (exact) mass is 842 g/mol. The molecule has 0 amide bonds. The highest BCUT2D eigenvalue weighted by atomic mass is 31.2. The summed E-state index contributed by atoms with van der Waals surface area (Å²) in [7, 11) is 1.17. The number of ether oxygens (including phenoxy) is 2. The Hall–Kier alpha value is -1.51. The Bertz CT molecular complexity index is 1040. The van der Waals surface area contributed by atoms with E-state index in [1.165, 1.54) is 148 Å². The SMILES string of the molecule is CCCC/C=C/CCCCCCCCCCCC(=O)OC[C@H](COP(=O)([O-])OCC[N+](C)(C)C)OC(=O)CCCCCCCCCCC/C=C/CCCCCCCC. The van der Waals surface area contributed by atoms with Gasteiger partial charge >= 0.3 is 11.9 Å². The molecule has 0 saturated heterocycles. The lowest BCUT2D eigenvalue weighted by Crippen LogP contribution is -2.37. The largest absolute Gasteiger partial charge is 0.756 e. The molecule has 0 rings (SSSR count). The topological polar surface area (TPSA) is 111 Å². The predicted molar refractivity (Wildman–Crippen MR) is 241 cm³/mol. The van der Waals surface area contributed by atoms with Gasteiger partial charge in [-0.1, -0.05) is 173 Å². The van der Waals surface area contributed by atoms with Gasteiger partial charge in [0.1, 0.15) is 19.8 Å². The Morgan fingerprint density at radius 3 is 1.33 bits per heavy atom. The highest BCUT2D eigenvalue weighted by Gasteiger charge is 2.21. The molecule has 0 saturated carbocycles. The number of nitrogens with zero attached hydrogens (tertiary/aromatic N) is 1. The van der Waals surface area contributed by atoms with Crippen LogP contribution in [-0.2, 0) is 32.7 Å². The van der Waals surface area contributed by atoms with Crippen molar-refractivity contribution < 1.29 is 42.1 Å². The Morgan fingerprint density at radius 1 is 0.517 bits per heavy atom. The molecule has 1 unspecified atom stereocenters. The van der Waals surface area contributed by atoms with Crippen molar-refractivity contribution in [3.8, 4) is 0 Å². The minimum absolute atomic E-state index is 0.0300. The third kappa shape index (κ3) is 44.1. The molecule has 0 aliphatic carbocycles. The summed E-state index contributed by atoms with van der Waals surface area (Å²) < 4.78 is 34.0. The number of rotatable bonds is 44. The molecule has 0 aliphatic rings. The number of carbonyl (C=O) groups excluding carboxylic acids is 2. The highest BCUT2D eigenvalue weighted by molar-refractivity contribution is 7.45. The molecule has 0 radical (unpaired) electrons. The Morgan fingerprint density at radius 2 is 0.897 bits per heavy atom.